The zero-order chi connectivity index (χ0) is 18.5. The van der Waals surface area contributed by atoms with Crippen molar-refractivity contribution in [1.29, 1.82) is 0 Å². The van der Waals surface area contributed by atoms with Gasteiger partial charge in [0.2, 0.25) is 0 Å². The summed E-state index contributed by atoms with van der Waals surface area (Å²) in [7, 11) is 0. The van der Waals surface area contributed by atoms with E-state index in [9.17, 15) is 0 Å². The molecule has 0 saturated heterocycles. The summed E-state index contributed by atoms with van der Waals surface area (Å²) < 4.78 is 1.42. The van der Waals surface area contributed by atoms with E-state index >= 15 is 0 Å². The first kappa shape index (κ1) is 23.4. The topological polar surface area (TPSA) is 0 Å². The molecular formula is C26H19Cl2Zr-. The molecule has 0 bridgehead atoms. The van der Waals surface area contributed by atoms with Crippen LogP contribution >= 0.6 is 0 Å². The molecule has 0 aromatic heterocycles. The van der Waals surface area contributed by atoms with Crippen molar-refractivity contribution in [2.24, 2.45) is 0 Å². The van der Waals surface area contributed by atoms with Gasteiger partial charge in [-0.2, -0.15) is 0 Å². The minimum Gasteiger partial charge on any atom is -0.126 e. The van der Waals surface area contributed by atoms with E-state index in [-0.39, 0.29) is 24.8 Å². The van der Waals surface area contributed by atoms with Crippen LogP contribution in [0, 0.1) is 0 Å². The fourth-order valence-electron chi connectivity index (χ4n) is 3.28. The average molecular weight is 494 g/mol. The normalized spacial score (nSPS) is 9.72. The molecule has 0 aliphatic carbocycles. The zero-order valence-electron chi connectivity index (χ0n) is 15.7. The van der Waals surface area contributed by atoms with Crippen LogP contribution in [0.5, 0.6) is 0 Å². The molecule has 0 spiro atoms. The first-order chi connectivity index (χ1) is 13.3. The maximum absolute atomic E-state index is 2.24. The third-order valence-electron chi connectivity index (χ3n) is 4.65. The molecule has 0 atom stereocenters. The first-order valence-electron chi connectivity index (χ1n) is 9.05. The second kappa shape index (κ2) is 11.3. The van der Waals surface area contributed by atoms with Crippen LogP contribution in [0.1, 0.15) is 11.1 Å². The molecule has 5 rings (SSSR count). The summed E-state index contributed by atoms with van der Waals surface area (Å²) in [5.41, 5.74) is 2.66. The summed E-state index contributed by atoms with van der Waals surface area (Å²) in [5.74, 6) is 0. The monoisotopic (exact) mass is 491 g/mol. The Morgan fingerprint density at radius 1 is 0.483 bits per heavy atom. The SMILES string of the molecule is [Cl-].[Cl-].[Zr+2]=[C](c1ccccc1)c1ccccc1.c1ccc2c(c1)[cH-]c1ccccc12. The quantitative estimate of drug-likeness (QED) is 0.315. The van der Waals surface area contributed by atoms with E-state index in [2.05, 4.69) is 115 Å². The van der Waals surface area contributed by atoms with E-state index in [1.165, 1.54) is 60.1 Å². The molecule has 0 heterocycles. The van der Waals surface area contributed by atoms with Crippen LogP contribution in [0.2, 0.25) is 0 Å². The van der Waals surface area contributed by atoms with Crippen molar-refractivity contribution in [2.75, 3.05) is 0 Å². The van der Waals surface area contributed by atoms with Crippen LogP contribution in [0.25, 0.3) is 21.5 Å². The van der Waals surface area contributed by atoms with Gasteiger partial charge >= 0.3 is 99.2 Å². The Hall–Kier alpha value is -1.92. The summed E-state index contributed by atoms with van der Waals surface area (Å²) in [6.07, 6.45) is 0. The number of rotatable bonds is 2. The Morgan fingerprint density at radius 2 is 0.828 bits per heavy atom. The molecule has 5 aromatic rings. The predicted molar refractivity (Wildman–Crippen MR) is 113 cm³/mol. The van der Waals surface area contributed by atoms with Gasteiger partial charge in [-0.15, -0.1) is 39.7 Å². The molecule has 0 aliphatic rings. The Bertz CT molecular complexity index is 1090. The summed E-state index contributed by atoms with van der Waals surface area (Å²) in [4.78, 5) is 0. The standard InChI is InChI=1S/C13H9.C13H10.2ClH.Zr/c1-3-7-12-10(5-1)9-11-6-2-4-8-13(11)12;1-3-7-12(8-4-1)11-13-9-5-2-6-10-13;;;/h1-9H;1-10H;2*1H;/q-1;;;;+2/p-2. The smallest absolute Gasteiger partial charge is 0.0771 e. The zero-order valence-corrected chi connectivity index (χ0v) is 19.7. The largest absolute Gasteiger partial charge is 0.126 e. The van der Waals surface area contributed by atoms with E-state index in [1.54, 1.807) is 0 Å². The van der Waals surface area contributed by atoms with Crippen molar-refractivity contribution in [2.45, 2.75) is 0 Å². The minimum absolute atomic E-state index is 0. The van der Waals surface area contributed by atoms with Crippen LogP contribution in [-0.4, -0.2) is 3.21 Å². The molecule has 0 radical (unpaired) electrons. The van der Waals surface area contributed by atoms with Gasteiger partial charge in [0.25, 0.3) is 0 Å². The Balaban J connectivity index is 0.000000194. The van der Waals surface area contributed by atoms with Crippen molar-refractivity contribution < 1.29 is 49.0 Å². The van der Waals surface area contributed by atoms with Crippen LogP contribution < -0.4 is 24.8 Å². The van der Waals surface area contributed by atoms with E-state index < -0.39 is 0 Å². The van der Waals surface area contributed by atoms with Crippen LogP contribution in [0.3, 0.4) is 0 Å². The predicted octanol–water partition coefficient (Wildman–Crippen LogP) is 0.522. The van der Waals surface area contributed by atoms with Gasteiger partial charge in [0, 0.05) is 0 Å². The Kier molecular flexibility index (Phi) is 9.12. The van der Waals surface area contributed by atoms with E-state index in [0.29, 0.717) is 0 Å². The fourth-order valence-corrected chi connectivity index (χ4v) is 4.10. The molecule has 0 nitrogen and oxygen atoms in total. The molecule has 0 N–H and O–H groups in total. The first-order valence-corrected chi connectivity index (χ1v) is 10.3. The molecule has 0 saturated carbocycles. The van der Waals surface area contributed by atoms with Gasteiger partial charge in [-0.1, -0.05) is 36.4 Å². The van der Waals surface area contributed by atoms with Gasteiger partial charge in [0.1, 0.15) is 0 Å². The average Bonchev–Trinajstić information content (AvgIpc) is 3.14. The van der Waals surface area contributed by atoms with Gasteiger partial charge in [0.05, 0.1) is 0 Å². The maximum Gasteiger partial charge on any atom is -0.0771 e. The number of benzene rings is 4. The number of fused-ring (bicyclic) bond motifs is 3. The molecule has 29 heavy (non-hydrogen) atoms. The molecule has 3 heteroatoms. The summed E-state index contributed by atoms with van der Waals surface area (Å²) in [6.45, 7) is 0. The minimum atomic E-state index is 0. The van der Waals surface area contributed by atoms with E-state index in [0.717, 1.165) is 0 Å². The van der Waals surface area contributed by atoms with Gasteiger partial charge < -0.3 is 24.8 Å². The van der Waals surface area contributed by atoms with Crippen LogP contribution in [0.4, 0.5) is 0 Å². The second-order valence-electron chi connectivity index (χ2n) is 6.43. The number of hydrogen-bond acceptors (Lipinski definition) is 0. The molecule has 142 valence electrons. The molecule has 0 aliphatic heterocycles. The van der Waals surface area contributed by atoms with E-state index in [4.69, 9.17) is 0 Å². The fraction of sp³-hybridized carbons (Fsp3) is 0. The summed E-state index contributed by atoms with van der Waals surface area (Å²) in [5, 5.41) is 5.39. The van der Waals surface area contributed by atoms with Crippen molar-refractivity contribution >= 4 is 24.8 Å². The van der Waals surface area contributed by atoms with Gasteiger partial charge in [0.15, 0.2) is 0 Å². The Labute approximate surface area is 199 Å². The number of hydrogen-bond donors (Lipinski definition) is 0. The van der Waals surface area contributed by atoms with Gasteiger partial charge in [-0.05, 0) is 0 Å². The number of halogens is 2. The third-order valence-corrected chi connectivity index (χ3v) is 6.07. The maximum atomic E-state index is 2.24. The molecule has 0 unspecified atom stereocenters. The third kappa shape index (κ3) is 5.58. The molecule has 0 amide bonds. The van der Waals surface area contributed by atoms with Crippen molar-refractivity contribution in [3.8, 4) is 0 Å². The summed E-state index contributed by atoms with van der Waals surface area (Å²) in [6, 6.07) is 40.4. The van der Waals surface area contributed by atoms with Gasteiger partial charge in [-0.25, -0.2) is 0 Å². The Morgan fingerprint density at radius 3 is 1.24 bits per heavy atom. The van der Waals surface area contributed by atoms with Gasteiger partial charge in [-0.3, -0.25) is 0 Å². The van der Waals surface area contributed by atoms with Crippen LogP contribution in [0.15, 0.2) is 115 Å². The molecule has 5 aromatic carbocycles. The van der Waals surface area contributed by atoms with Crippen LogP contribution in [-0.2, 0) is 24.2 Å². The van der Waals surface area contributed by atoms with Crippen molar-refractivity contribution in [3.05, 3.63) is 126 Å². The molecular weight excluding hydrogens is 474 g/mol. The van der Waals surface area contributed by atoms with Crippen molar-refractivity contribution in [1.82, 2.24) is 0 Å². The summed E-state index contributed by atoms with van der Waals surface area (Å²) >= 11 is 1.46. The van der Waals surface area contributed by atoms with E-state index in [1.807, 2.05) is 0 Å². The molecule has 0 fully saturated rings. The van der Waals surface area contributed by atoms with Crippen molar-refractivity contribution in [3.63, 3.8) is 0 Å². The second-order valence-corrected chi connectivity index (χ2v) is 7.65.